The molecule has 4 N–H and O–H groups in total. The summed E-state index contributed by atoms with van der Waals surface area (Å²) in [4.78, 5) is 29.2. The van der Waals surface area contributed by atoms with Crippen molar-refractivity contribution in [2.24, 2.45) is 12.8 Å². The Morgan fingerprint density at radius 1 is 1.18 bits per heavy atom. The van der Waals surface area contributed by atoms with Crippen molar-refractivity contribution in [2.75, 3.05) is 13.2 Å². The predicted octanol–water partition coefficient (Wildman–Crippen LogP) is 3.09. The Morgan fingerprint density at radius 3 is 2.52 bits per heavy atom. The van der Waals surface area contributed by atoms with E-state index >= 15 is 0 Å². The van der Waals surface area contributed by atoms with Crippen LogP contribution in [-0.4, -0.2) is 51.0 Å². The molecule has 0 radical (unpaired) electrons. The number of halogens is 4. The first-order valence-electron chi connectivity index (χ1n) is 12.0. The molecule has 3 heterocycles. The fourth-order valence-corrected chi connectivity index (χ4v) is 4.54. The summed E-state index contributed by atoms with van der Waals surface area (Å²) < 4.78 is 64.3. The number of rotatable bonds is 6. The zero-order chi connectivity index (χ0) is 29.0. The van der Waals surface area contributed by atoms with E-state index in [0.29, 0.717) is 10.9 Å². The van der Waals surface area contributed by atoms with Gasteiger partial charge < -0.3 is 20.9 Å². The van der Waals surface area contributed by atoms with Crippen LogP contribution in [-0.2, 0) is 22.9 Å². The Labute approximate surface area is 224 Å². The largest absolute Gasteiger partial charge is 0.489 e. The van der Waals surface area contributed by atoms with Crippen LogP contribution in [0.25, 0.3) is 22.2 Å². The monoisotopic (exact) mass is 557 g/mol. The number of aromatic nitrogens is 3. The molecule has 4 aromatic rings. The van der Waals surface area contributed by atoms with Crippen molar-refractivity contribution in [3.05, 3.63) is 77.4 Å². The van der Waals surface area contributed by atoms with Gasteiger partial charge in [-0.15, -0.1) is 0 Å². The predicted molar refractivity (Wildman–Crippen MR) is 135 cm³/mol. The number of primary amides is 1. The number of carbonyl (C=O) groups is 2. The van der Waals surface area contributed by atoms with E-state index in [0.717, 1.165) is 18.2 Å². The van der Waals surface area contributed by atoms with Gasteiger partial charge in [-0.3, -0.25) is 14.3 Å². The molecule has 9 nitrogen and oxygen atoms in total. The second-order valence-electron chi connectivity index (χ2n) is 9.84. The molecule has 0 aliphatic carbocycles. The van der Waals surface area contributed by atoms with Crippen LogP contribution < -0.4 is 15.8 Å². The minimum Gasteiger partial charge on any atom is -0.489 e. The smallest absolute Gasteiger partial charge is 0.424 e. The van der Waals surface area contributed by atoms with Crippen LogP contribution in [0.1, 0.15) is 28.5 Å². The van der Waals surface area contributed by atoms with E-state index in [1.165, 1.54) is 35.9 Å². The molecule has 0 saturated carbocycles. The number of pyridine rings is 1. The molecule has 2 aromatic heterocycles. The van der Waals surface area contributed by atoms with Crippen LogP contribution in [0.2, 0.25) is 0 Å². The lowest BCUT2D eigenvalue weighted by atomic mass is 9.81. The topological polar surface area (TPSA) is 132 Å². The first-order valence-corrected chi connectivity index (χ1v) is 12.0. The molecule has 2 amide bonds. The molecule has 0 spiro atoms. The highest BCUT2D eigenvalue weighted by Crippen LogP contribution is 2.47. The van der Waals surface area contributed by atoms with E-state index in [-0.39, 0.29) is 34.7 Å². The third-order valence-electron chi connectivity index (χ3n) is 7.01. The molecule has 1 unspecified atom stereocenters. The number of aliphatic hydroxyl groups is 1. The summed E-state index contributed by atoms with van der Waals surface area (Å²) in [6.45, 7) is -0.194. The number of fused-ring (bicyclic) bond motifs is 2. The molecule has 40 heavy (non-hydrogen) atoms. The van der Waals surface area contributed by atoms with Crippen molar-refractivity contribution in [2.45, 2.75) is 24.1 Å². The average molecular weight is 558 g/mol. The number of nitrogens with one attached hydrogen (secondary N) is 1. The van der Waals surface area contributed by atoms with Crippen LogP contribution >= 0.6 is 0 Å². The van der Waals surface area contributed by atoms with Crippen LogP contribution in [0, 0.1) is 5.82 Å². The number of aryl methyl sites for hydroxylation is 1. The van der Waals surface area contributed by atoms with Crippen LogP contribution in [0.3, 0.4) is 0 Å². The van der Waals surface area contributed by atoms with Gasteiger partial charge in [-0.05, 0) is 55.5 Å². The highest BCUT2D eigenvalue weighted by molar-refractivity contribution is 5.98. The molecule has 5 rings (SSSR count). The molecule has 1 aliphatic heterocycles. The number of alkyl halides is 3. The van der Waals surface area contributed by atoms with Crippen molar-refractivity contribution in [1.82, 2.24) is 20.1 Å². The summed E-state index contributed by atoms with van der Waals surface area (Å²) in [7, 11) is 1.68. The Balaban J connectivity index is 1.58. The molecule has 1 aliphatic rings. The zero-order valence-electron chi connectivity index (χ0n) is 21.2. The first kappa shape index (κ1) is 27.1. The van der Waals surface area contributed by atoms with Gasteiger partial charge in [0.15, 0.2) is 0 Å². The Kier molecular flexibility index (Phi) is 6.29. The summed E-state index contributed by atoms with van der Waals surface area (Å²) in [6.07, 6.45) is -3.68. The number of benzene rings is 2. The normalized spacial score (nSPS) is 18.2. The van der Waals surface area contributed by atoms with E-state index in [4.69, 9.17) is 10.5 Å². The number of carbonyl (C=O) groups excluding carboxylic acids is 2. The van der Waals surface area contributed by atoms with Crippen molar-refractivity contribution in [3.63, 3.8) is 0 Å². The molecule has 208 valence electrons. The SMILES string of the molecule is Cn1cc2cc(C(=O)NCC(O)(c3cc4c(c(-c5ccc(F)cc5)n3)OC[C@]4(C)C(N)=O)C(F)(F)F)ccc2n1. The number of hydrogen-bond acceptors (Lipinski definition) is 6. The molecule has 13 heteroatoms. The van der Waals surface area contributed by atoms with Gasteiger partial charge in [-0.25, -0.2) is 9.37 Å². The molecule has 2 aromatic carbocycles. The Hall–Kier alpha value is -4.52. The van der Waals surface area contributed by atoms with Crippen LogP contribution in [0.4, 0.5) is 17.6 Å². The fraction of sp³-hybridized carbons (Fsp3) is 0.259. The minimum absolute atomic E-state index is 0.0185. The maximum absolute atomic E-state index is 14.5. The van der Waals surface area contributed by atoms with Crippen molar-refractivity contribution in [3.8, 4) is 17.0 Å². The highest BCUT2D eigenvalue weighted by Gasteiger charge is 2.57. The van der Waals surface area contributed by atoms with Crippen molar-refractivity contribution < 1.29 is 37.0 Å². The third kappa shape index (κ3) is 4.41. The molecule has 0 fully saturated rings. The number of ether oxygens (including phenoxy) is 1. The quantitative estimate of drug-likeness (QED) is 0.312. The van der Waals surface area contributed by atoms with E-state index in [1.807, 2.05) is 0 Å². The van der Waals surface area contributed by atoms with Gasteiger partial charge in [0.25, 0.3) is 5.91 Å². The van der Waals surface area contributed by atoms with Crippen LogP contribution in [0.5, 0.6) is 5.75 Å². The van der Waals surface area contributed by atoms with Crippen LogP contribution in [0.15, 0.2) is 54.7 Å². The van der Waals surface area contributed by atoms with Gasteiger partial charge in [0.1, 0.15) is 29.3 Å². The number of nitrogens with zero attached hydrogens (tertiary/aromatic N) is 3. The summed E-state index contributed by atoms with van der Waals surface area (Å²) in [5.41, 5.74) is 0.0511. The number of hydrogen-bond donors (Lipinski definition) is 3. The second-order valence-corrected chi connectivity index (χ2v) is 9.84. The van der Waals surface area contributed by atoms with E-state index in [2.05, 4.69) is 15.4 Å². The maximum Gasteiger partial charge on any atom is 0.424 e. The first-order chi connectivity index (χ1) is 18.7. The van der Waals surface area contributed by atoms with E-state index in [1.54, 1.807) is 19.3 Å². The third-order valence-corrected chi connectivity index (χ3v) is 7.01. The van der Waals surface area contributed by atoms with E-state index in [9.17, 15) is 32.3 Å². The number of amides is 2. The van der Waals surface area contributed by atoms with Crippen molar-refractivity contribution in [1.29, 1.82) is 0 Å². The van der Waals surface area contributed by atoms with Gasteiger partial charge in [-0.2, -0.15) is 18.3 Å². The molecule has 0 saturated heterocycles. The van der Waals surface area contributed by atoms with Gasteiger partial charge in [-0.1, -0.05) is 0 Å². The Bertz CT molecular complexity index is 1650. The van der Waals surface area contributed by atoms with Gasteiger partial charge in [0, 0.05) is 35.3 Å². The standard InChI is InChI=1S/C27H23F4N5O4/c1-25(24(32)38)13-40-22-18(25)10-20(34-21(22)14-3-6-17(28)7-4-14)26(39,27(29,30)31)12-33-23(37)15-5-8-19-16(9-15)11-36(2)35-19/h3-11,39H,12-13H2,1-2H3,(H2,32,38)(H,33,37)/t25-,26?/m0/s1. The van der Waals surface area contributed by atoms with Crippen molar-refractivity contribution >= 4 is 22.7 Å². The molecule has 0 bridgehead atoms. The lowest BCUT2D eigenvalue weighted by Crippen LogP contribution is -2.51. The molecular formula is C27H23F4N5O4. The Morgan fingerprint density at radius 2 is 1.88 bits per heavy atom. The van der Waals surface area contributed by atoms with Gasteiger partial charge >= 0.3 is 6.18 Å². The van der Waals surface area contributed by atoms with Gasteiger partial charge in [0.2, 0.25) is 11.5 Å². The molecular weight excluding hydrogens is 534 g/mol. The second kappa shape index (κ2) is 9.30. The summed E-state index contributed by atoms with van der Waals surface area (Å²) in [6, 6.07) is 10.00. The summed E-state index contributed by atoms with van der Waals surface area (Å²) >= 11 is 0. The lowest BCUT2D eigenvalue weighted by molar-refractivity contribution is -0.265. The average Bonchev–Trinajstić information content (AvgIpc) is 3.45. The molecule has 2 atom stereocenters. The maximum atomic E-state index is 14.5. The zero-order valence-corrected chi connectivity index (χ0v) is 21.2. The van der Waals surface area contributed by atoms with E-state index < -0.39 is 47.1 Å². The minimum atomic E-state index is -5.32. The fourth-order valence-electron chi connectivity index (χ4n) is 4.54. The van der Waals surface area contributed by atoms with Gasteiger partial charge in [0.05, 0.1) is 17.8 Å². The summed E-state index contributed by atoms with van der Waals surface area (Å²) in [5.74, 6) is -2.37. The highest BCUT2D eigenvalue weighted by atomic mass is 19.4. The number of nitrogens with two attached hydrogens (primary N) is 1. The lowest BCUT2D eigenvalue weighted by Gasteiger charge is -2.31. The summed E-state index contributed by atoms with van der Waals surface area (Å²) in [5, 5.41) is 18.0.